The van der Waals surface area contributed by atoms with E-state index in [4.69, 9.17) is 5.26 Å². The van der Waals surface area contributed by atoms with Crippen molar-refractivity contribution >= 4 is 27.3 Å². The molecule has 2 aromatic rings. The highest BCUT2D eigenvalue weighted by molar-refractivity contribution is 9.10. The number of nitrogens with one attached hydrogen (secondary N) is 1. The lowest BCUT2D eigenvalue weighted by Crippen LogP contribution is -1.99. The number of hydrogen-bond acceptors (Lipinski definition) is 2. The first kappa shape index (κ1) is 13.4. The van der Waals surface area contributed by atoms with Crippen LogP contribution >= 0.6 is 15.9 Å². The molecule has 2 aromatic carbocycles. The molecule has 0 radical (unpaired) electrons. The molecule has 0 unspecified atom stereocenters. The van der Waals surface area contributed by atoms with Crippen molar-refractivity contribution in [1.82, 2.24) is 0 Å². The van der Waals surface area contributed by atoms with Crippen molar-refractivity contribution in [1.29, 1.82) is 5.26 Å². The molecule has 19 heavy (non-hydrogen) atoms. The summed E-state index contributed by atoms with van der Waals surface area (Å²) in [4.78, 5) is 0. The van der Waals surface area contributed by atoms with Gasteiger partial charge in [0.1, 0.15) is 29.1 Å². The predicted octanol–water partition coefficient (Wildman–Crippen LogP) is 4.48. The fourth-order valence-electron chi connectivity index (χ4n) is 1.51. The van der Waals surface area contributed by atoms with E-state index >= 15 is 0 Å². The van der Waals surface area contributed by atoms with Gasteiger partial charge in [0.2, 0.25) is 0 Å². The summed E-state index contributed by atoms with van der Waals surface area (Å²) in [5.41, 5.74) is -0.183. The molecule has 0 fully saturated rings. The average Bonchev–Trinajstić information content (AvgIpc) is 2.36. The van der Waals surface area contributed by atoms with Crippen LogP contribution in [0.25, 0.3) is 0 Å². The minimum Gasteiger partial charge on any atom is -0.352 e. The van der Waals surface area contributed by atoms with E-state index in [2.05, 4.69) is 21.2 Å². The van der Waals surface area contributed by atoms with E-state index in [1.54, 1.807) is 6.07 Å². The maximum atomic E-state index is 13.6. The summed E-state index contributed by atoms with van der Waals surface area (Å²) < 4.78 is 40.1. The van der Waals surface area contributed by atoms with Gasteiger partial charge in [-0.3, -0.25) is 0 Å². The van der Waals surface area contributed by atoms with Gasteiger partial charge in [-0.05, 0) is 34.1 Å². The molecular weight excluding hydrogens is 321 g/mol. The van der Waals surface area contributed by atoms with Crippen molar-refractivity contribution in [2.45, 2.75) is 0 Å². The van der Waals surface area contributed by atoms with Crippen LogP contribution in [-0.2, 0) is 0 Å². The molecule has 0 saturated heterocycles. The van der Waals surface area contributed by atoms with Gasteiger partial charge in [-0.15, -0.1) is 0 Å². The maximum Gasteiger partial charge on any atom is 0.149 e. The van der Waals surface area contributed by atoms with Gasteiger partial charge in [-0.25, -0.2) is 13.2 Å². The van der Waals surface area contributed by atoms with Gasteiger partial charge in [0, 0.05) is 6.07 Å². The molecule has 6 heteroatoms. The molecule has 0 saturated carbocycles. The highest BCUT2D eigenvalue weighted by atomic mass is 79.9. The molecule has 0 aliphatic heterocycles. The topological polar surface area (TPSA) is 35.8 Å². The van der Waals surface area contributed by atoms with E-state index in [9.17, 15) is 13.2 Å². The summed E-state index contributed by atoms with van der Waals surface area (Å²) in [5, 5.41) is 11.4. The highest BCUT2D eigenvalue weighted by Crippen LogP contribution is 2.28. The van der Waals surface area contributed by atoms with Gasteiger partial charge in [-0.1, -0.05) is 6.07 Å². The van der Waals surface area contributed by atoms with Gasteiger partial charge in [0.25, 0.3) is 0 Å². The second kappa shape index (κ2) is 5.33. The molecule has 0 atom stereocenters. The Kier molecular flexibility index (Phi) is 3.76. The first-order valence-corrected chi connectivity index (χ1v) is 5.92. The fourth-order valence-corrected chi connectivity index (χ4v) is 1.85. The number of benzene rings is 2. The first-order valence-electron chi connectivity index (χ1n) is 5.13. The van der Waals surface area contributed by atoms with E-state index < -0.39 is 17.5 Å². The smallest absolute Gasteiger partial charge is 0.149 e. The number of rotatable bonds is 2. The lowest BCUT2D eigenvalue weighted by molar-refractivity contribution is 0.581. The third-order valence-electron chi connectivity index (χ3n) is 2.40. The summed E-state index contributed by atoms with van der Waals surface area (Å²) >= 11 is 2.92. The van der Waals surface area contributed by atoms with Gasteiger partial charge in [0.05, 0.1) is 15.8 Å². The molecule has 0 aliphatic rings. The summed E-state index contributed by atoms with van der Waals surface area (Å²) in [6, 6.07) is 7.49. The first-order chi connectivity index (χ1) is 9.02. The van der Waals surface area contributed by atoms with Crippen molar-refractivity contribution in [2.24, 2.45) is 0 Å². The molecular formula is C13H6BrF3N2. The van der Waals surface area contributed by atoms with E-state index in [1.165, 1.54) is 18.2 Å². The second-order valence-corrected chi connectivity index (χ2v) is 4.50. The lowest BCUT2D eigenvalue weighted by atomic mass is 10.1. The SMILES string of the molecule is N#Cc1c(F)cccc1Nc1cc(Br)c(F)cc1F. The molecule has 0 bridgehead atoms. The fraction of sp³-hybridized carbons (Fsp3) is 0. The number of halogens is 4. The van der Waals surface area contributed by atoms with E-state index in [0.29, 0.717) is 6.07 Å². The summed E-state index contributed by atoms with van der Waals surface area (Å²) in [7, 11) is 0. The van der Waals surface area contributed by atoms with Gasteiger partial charge < -0.3 is 5.32 Å². The molecule has 96 valence electrons. The summed E-state index contributed by atoms with van der Waals surface area (Å²) in [6.45, 7) is 0. The highest BCUT2D eigenvalue weighted by Gasteiger charge is 2.12. The van der Waals surface area contributed by atoms with Crippen LogP contribution in [0.15, 0.2) is 34.8 Å². The minimum atomic E-state index is -0.839. The van der Waals surface area contributed by atoms with Crippen LogP contribution in [0.1, 0.15) is 5.56 Å². The van der Waals surface area contributed by atoms with Crippen molar-refractivity contribution in [3.05, 3.63) is 57.8 Å². The molecule has 0 spiro atoms. The van der Waals surface area contributed by atoms with Crippen molar-refractivity contribution in [3.63, 3.8) is 0 Å². The molecule has 2 rings (SSSR count). The lowest BCUT2D eigenvalue weighted by Gasteiger charge is -2.10. The Morgan fingerprint density at radius 2 is 1.74 bits per heavy atom. The molecule has 0 amide bonds. The normalized spacial score (nSPS) is 10.1. The Hall–Kier alpha value is -2.00. The molecule has 2 nitrogen and oxygen atoms in total. The quantitative estimate of drug-likeness (QED) is 0.826. The zero-order chi connectivity index (χ0) is 14.0. The Morgan fingerprint density at radius 1 is 1.00 bits per heavy atom. The van der Waals surface area contributed by atoms with E-state index in [1.807, 2.05) is 0 Å². The molecule has 0 heterocycles. The van der Waals surface area contributed by atoms with Crippen molar-refractivity contribution in [2.75, 3.05) is 5.32 Å². The van der Waals surface area contributed by atoms with Crippen LogP contribution in [0, 0.1) is 28.8 Å². The van der Waals surface area contributed by atoms with Crippen LogP contribution in [0.4, 0.5) is 24.5 Å². The Balaban J connectivity index is 2.45. The number of nitriles is 1. The van der Waals surface area contributed by atoms with Crippen LogP contribution < -0.4 is 5.32 Å². The zero-order valence-electron chi connectivity index (χ0n) is 9.35. The third-order valence-corrected chi connectivity index (χ3v) is 3.01. The maximum absolute atomic E-state index is 13.6. The number of hydrogen-bond donors (Lipinski definition) is 1. The third kappa shape index (κ3) is 2.71. The van der Waals surface area contributed by atoms with Crippen LogP contribution in [-0.4, -0.2) is 0 Å². The van der Waals surface area contributed by atoms with Gasteiger partial charge >= 0.3 is 0 Å². The minimum absolute atomic E-state index is 0.0598. The summed E-state index contributed by atoms with van der Waals surface area (Å²) in [6.07, 6.45) is 0. The molecule has 0 aliphatic carbocycles. The Labute approximate surface area is 115 Å². The predicted molar refractivity (Wildman–Crippen MR) is 68.5 cm³/mol. The Morgan fingerprint density at radius 3 is 2.42 bits per heavy atom. The number of anilines is 2. The van der Waals surface area contributed by atoms with Crippen LogP contribution in [0.3, 0.4) is 0 Å². The number of nitrogens with zero attached hydrogens (tertiary/aromatic N) is 1. The second-order valence-electron chi connectivity index (χ2n) is 3.65. The average molecular weight is 327 g/mol. The van der Waals surface area contributed by atoms with Gasteiger partial charge in [0.15, 0.2) is 0 Å². The standard InChI is InChI=1S/C13H6BrF3N2/c14-8-4-13(11(17)5-10(8)16)19-12-3-1-2-9(15)7(12)6-18/h1-5,19H. The molecule has 1 N–H and O–H groups in total. The zero-order valence-corrected chi connectivity index (χ0v) is 10.9. The van der Waals surface area contributed by atoms with Crippen molar-refractivity contribution in [3.8, 4) is 6.07 Å². The van der Waals surface area contributed by atoms with Crippen LogP contribution in [0.2, 0.25) is 0 Å². The van der Waals surface area contributed by atoms with E-state index in [0.717, 1.165) is 6.07 Å². The van der Waals surface area contributed by atoms with E-state index in [-0.39, 0.29) is 21.4 Å². The summed E-state index contributed by atoms with van der Waals surface area (Å²) in [5.74, 6) is -2.30. The van der Waals surface area contributed by atoms with Crippen LogP contribution in [0.5, 0.6) is 0 Å². The monoisotopic (exact) mass is 326 g/mol. The molecule has 0 aromatic heterocycles. The van der Waals surface area contributed by atoms with Crippen molar-refractivity contribution < 1.29 is 13.2 Å². The largest absolute Gasteiger partial charge is 0.352 e. The van der Waals surface area contributed by atoms with Gasteiger partial charge in [-0.2, -0.15) is 5.26 Å². The Bertz CT molecular complexity index is 680.